The van der Waals surface area contributed by atoms with E-state index in [9.17, 15) is 9.90 Å². The molecule has 0 aromatic heterocycles. The van der Waals surface area contributed by atoms with Crippen LogP contribution < -0.4 is 5.32 Å². The number of hydrogen-bond donors (Lipinski definition) is 2. The fraction of sp³-hybridized carbons (Fsp3) is 0.533. The van der Waals surface area contributed by atoms with Gasteiger partial charge in [-0.3, -0.25) is 4.79 Å². The van der Waals surface area contributed by atoms with Gasteiger partial charge < -0.3 is 10.4 Å². The molecule has 4 heteroatoms. The molecule has 0 spiro atoms. The Hall–Kier alpha value is -1.06. The molecule has 19 heavy (non-hydrogen) atoms. The summed E-state index contributed by atoms with van der Waals surface area (Å²) in [5.74, 6) is -0.0894. The van der Waals surface area contributed by atoms with Gasteiger partial charge in [0.25, 0.3) is 0 Å². The Kier molecular flexibility index (Phi) is 6.32. The first-order valence-corrected chi connectivity index (χ1v) is 7.04. The van der Waals surface area contributed by atoms with Crippen LogP contribution in [0.4, 0.5) is 0 Å². The quantitative estimate of drug-likeness (QED) is 0.843. The second-order valence-electron chi connectivity index (χ2n) is 5.07. The van der Waals surface area contributed by atoms with Crippen molar-refractivity contribution in [2.75, 3.05) is 6.61 Å². The lowest BCUT2D eigenvalue weighted by atomic mass is 9.87. The Bertz CT molecular complexity index is 399. The molecule has 0 aliphatic carbocycles. The van der Waals surface area contributed by atoms with Crippen molar-refractivity contribution < 1.29 is 9.90 Å². The van der Waals surface area contributed by atoms with Crippen LogP contribution in [-0.2, 0) is 4.79 Å². The molecule has 0 bridgehead atoms. The summed E-state index contributed by atoms with van der Waals surface area (Å²) in [4.78, 5) is 12.3. The topological polar surface area (TPSA) is 49.3 Å². The number of aliphatic hydroxyl groups excluding tert-OH is 1. The van der Waals surface area contributed by atoms with Gasteiger partial charge in [-0.15, -0.1) is 0 Å². The van der Waals surface area contributed by atoms with Gasteiger partial charge in [-0.25, -0.2) is 0 Å². The molecule has 106 valence electrons. The number of rotatable bonds is 6. The van der Waals surface area contributed by atoms with Crippen LogP contribution in [0.3, 0.4) is 0 Å². The molecule has 0 aliphatic heterocycles. The molecule has 0 heterocycles. The molecule has 2 N–H and O–H groups in total. The van der Waals surface area contributed by atoms with Crippen molar-refractivity contribution in [1.82, 2.24) is 5.32 Å². The summed E-state index contributed by atoms with van der Waals surface area (Å²) in [6.45, 7) is 5.93. The average molecular weight is 284 g/mol. The van der Waals surface area contributed by atoms with Crippen molar-refractivity contribution in [2.45, 2.75) is 39.2 Å². The summed E-state index contributed by atoms with van der Waals surface area (Å²) in [6, 6.07) is 7.17. The van der Waals surface area contributed by atoms with E-state index in [1.165, 1.54) is 0 Å². The molecule has 0 saturated carbocycles. The van der Waals surface area contributed by atoms with Crippen LogP contribution in [0.1, 0.15) is 38.7 Å². The number of halogens is 1. The molecule has 0 aliphatic rings. The summed E-state index contributed by atoms with van der Waals surface area (Å²) in [7, 11) is 0. The molecule has 0 radical (unpaired) electrons. The van der Waals surface area contributed by atoms with Crippen LogP contribution in [-0.4, -0.2) is 23.7 Å². The van der Waals surface area contributed by atoms with E-state index in [1.54, 1.807) is 12.1 Å². The molecule has 1 unspecified atom stereocenters. The first kappa shape index (κ1) is 16.0. The third-order valence-corrected chi connectivity index (χ3v) is 3.49. The van der Waals surface area contributed by atoms with Gasteiger partial charge in [0.15, 0.2) is 0 Å². The molecular formula is C15H22ClNO2. The second-order valence-corrected chi connectivity index (χ2v) is 5.51. The number of amides is 1. The van der Waals surface area contributed by atoms with E-state index in [1.807, 2.05) is 32.9 Å². The lowest BCUT2D eigenvalue weighted by Gasteiger charge is -2.23. The highest BCUT2D eigenvalue weighted by Gasteiger charge is 2.25. The highest BCUT2D eigenvalue weighted by molar-refractivity contribution is 6.30. The van der Waals surface area contributed by atoms with Crippen LogP contribution in [0.15, 0.2) is 24.3 Å². The van der Waals surface area contributed by atoms with Gasteiger partial charge >= 0.3 is 0 Å². The van der Waals surface area contributed by atoms with Crippen LogP contribution in [0.5, 0.6) is 0 Å². The number of aliphatic hydroxyl groups is 1. The zero-order valence-electron chi connectivity index (χ0n) is 11.7. The number of carbonyl (C=O) groups is 1. The Balaban J connectivity index is 2.88. The minimum absolute atomic E-state index is 0.0341. The van der Waals surface area contributed by atoms with E-state index in [0.29, 0.717) is 11.4 Å². The smallest absolute Gasteiger partial charge is 0.228 e. The van der Waals surface area contributed by atoms with Crippen LogP contribution in [0.25, 0.3) is 0 Å². The number of hydrogen-bond acceptors (Lipinski definition) is 2. The Morgan fingerprint density at radius 1 is 1.32 bits per heavy atom. The third kappa shape index (κ3) is 4.51. The van der Waals surface area contributed by atoms with Gasteiger partial charge in [-0.1, -0.05) is 44.5 Å². The average Bonchev–Trinajstić information content (AvgIpc) is 2.38. The fourth-order valence-electron chi connectivity index (χ4n) is 2.08. The van der Waals surface area contributed by atoms with Gasteiger partial charge in [0.1, 0.15) is 0 Å². The zero-order chi connectivity index (χ0) is 14.4. The van der Waals surface area contributed by atoms with E-state index >= 15 is 0 Å². The zero-order valence-corrected chi connectivity index (χ0v) is 12.4. The molecule has 1 aromatic rings. The molecular weight excluding hydrogens is 262 g/mol. The van der Waals surface area contributed by atoms with E-state index in [4.69, 9.17) is 11.6 Å². The SMILES string of the molecule is CC[C@@H](CO)NC(=O)C(c1ccc(Cl)cc1)C(C)C. The largest absolute Gasteiger partial charge is 0.394 e. The minimum Gasteiger partial charge on any atom is -0.394 e. The van der Waals surface area contributed by atoms with E-state index in [-0.39, 0.29) is 30.4 Å². The van der Waals surface area contributed by atoms with Crippen molar-refractivity contribution in [2.24, 2.45) is 5.92 Å². The van der Waals surface area contributed by atoms with Gasteiger partial charge in [0.2, 0.25) is 5.91 Å². The van der Waals surface area contributed by atoms with Crippen molar-refractivity contribution in [1.29, 1.82) is 0 Å². The van der Waals surface area contributed by atoms with E-state index in [0.717, 1.165) is 5.56 Å². The first-order chi connectivity index (χ1) is 8.99. The van der Waals surface area contributed by atoms with Gasteiger partial charge in [0.05, 0.1) is 18.6 Å². The second kappa shape index (κ2) is 7.51. The van der Waals surface area contributed by atoms with Gasteiger partial charge in [-0.05, 0) is 30.0 Å². The maximum absolute atomic E-state index is 12.3. The van der Waals surface area contributed by atoms with Crippen LogP contribution in [0, 0.1) is 5.92 Å². The molecule has 0 saturated heterocycles. The minimum atomic E-state index is -0.224. The van der Waals surface area contributed by atoms with Gasteiger partial charge in [-0.2, -0.15) is 0 Å². The Labute approximate surface area is 120 Å². The molecule has 1 aromatic carbocycles. The number of nitrogens with one attached hydrogen (secondary N) is 1. The molecule has 3 nitrogen and oxygen atoms in total. The summed E-state index contributed by atoms with van der Waals surface area (Å²) >= 11 is 5.87. The highest BCUT2D eigenvalue weighted by Crippen LogP contribution is 2.26. The predicted octanol–water partition coefficient (Wildman–Crippen LogP) is 2.97. The summed E-state index contributed by atoms with van der Waals surface area (Å²) in [5, 5.41) is 12.7. The van der Waals surface area contributed by atoms with E-state index < -0.39 is 0 Å². The number of benzene rings is 1. The normalized spacial score (nSPS) is 14.2. The molecule has 1 rings (SSSR count). The molecule has 0 fully saturated rings. The maximum atomic E-state index is 12.3. The van der Waals surface area contributed by atoms with Crippen LogP contribution >= 0.6 is 11.6 Å². The Morgan fingerprint density at radius 3 is 2.32 bits per heavy atom. The Morgan fingerprint density at radius 2 is 1.89 bits per heavy atom. The number of carbonyl (C=O) groups excluding carboxylic acids is 1. The lowest BCUT2D eigenvalue weighted by Crippen LogP contribution is -2.41. The molecule has 1 amide bonds. The summed E-state index contributed by atoms with van der Waals surface area (Å²) in [6.07, 6.45) is 0.716. The maximum Gasteiger partial charge on any atom is 0.228 e. The lowest BCUT2D eigenvalue weighted by molar-refractivity contribution is -0.124. The fourth-order valence-corrected chi connectivity index (χ4v) is 2.20. The van der Waals surface area contributed by atoms with Crippen LogP contribution in [0.2, 0.25) is 5.02 Å². The third-order valence-electron chi connectivity index (χ3n) is 3.24. The summed E-state index contributed by atoms with van der Waals surface area (Å²) in [5.41, 5.74) is 0.949. The van der Waals surface area contributed by atoms with Crippen molar-refractivity contribution in [3.05, 3.63) is 34.9 Å². The monoisotopic (exact) mass is 283 g/mol. The highest BCUT2D eigenvalue weighted by atomic mass is 35.5. The van der Waals surface area contributed by atoms with Crippen molar-refractivity contribution in [3.8, 4) is 0 Å². The van der Waals surface area contributed by atoms with Crippen molar-refractivity contribution >= 4 is 17.5 Å². The van der Waals surface area contributed by atoms with Gasteiger partial charge in [0, 0.05) is 5.02 Å². The van der Waals surface area contributed by atoms with E-state index in [2.05, 4.69) is 5.32 Å². The predicted molar refractivity (Wildman–Crippen MR) is 78.3 cm³/mol. The first-order valence-electron chi connectivity index (χ1n) is 6.66. The standard InChI is InChI=1S/C15H22ClNO2/c1-4-13(9-18)17-15(19)14(10(2)3)11-5-7-12(16)8-6-11/h5-8,10,13-14,18H,4,9H2,1-3H3,(H,17,19)/t13-,14?/m0/s1. The van der Waals surface area contributed by atoms with Crippen molar-refractivity contribution in [3.63, 3.8) is 0 Å². The molecule has 2 atom stereocenters. The summed E-state index contributed by atoms with van der Waals surface area (Å²) < 4.78 is 0.